The quantitative estimate of drug-likeness (QED) is 0.491. The van der Waals surface area contributed by atoms with E-state index in [9.17, 15) is 0 Å². The Labute approximate surface area is 194 Å². The van der Waals surface area contributed by atoms with Crippen molar-refractivity contribution < 1.29 is 0 Å². The molecule has 5 heterocycles. The van der Waals surface area contributed by atoms with E-state index in [4.69, 9.17) is 15.0 Å². The third kappa shape index (κ3) is 2.93. The summed E-state index contributed by atoms with van der Waals surface area (Å²) in [6, 6.07) is 20.1. The van der Waals surface area contributed by atoms with Gasteiger partial charge in [-0.2, -0.15) is 0 Å². The van der Waals surface area contributed by atoms with Gasteiger partial charge in [-0.05, 0) is 11.1 Å². The second-order valence-electron chi connectivity index (χ2n) is 7.92. The SMILES string of the molecule is C1=NC2=NC1=C(c1ccccc1)c1cnc([nH]1)C1=NC(=C(c3ccccc3)c3c[nH]c2n3)C=N1. The minimum Gasteiger partial charge on any atom is -0.341 e. The molecule has 0 fully saturated rings. The number of nitrogens with one attached hydrogen (secondary N) is 2. The van der Waals surface area contributed by atoms with Crippen LogP contribution < -0.4 is 0 Å². The number of hydrogen-bond donors (Lipinski definition) is 2. The van der Waals surface area contributed by atoms with Gasteiger partial charge in [-0.1, -0.05) is 60.7 Å². The van der Waals surface area contributed by atoms with Gasteiger partial charge in [-0.25, -0.2) is 29.9 Å². The van der Waals surface area contributed by atoms with Crippen LogP contribution in [-0.4, -0.2) is 44.0 Å². The molecule has 2 N–H and O–H groups in total. The second-order valence-corrected chi connectivity index (χ2v) is 7.92. The lowest BCUT2D eigenvalue weighted by atomic mass is 10.0. The lowest BCUT2D eigenvalue weighted by molar-refractivity contribution is 1.22. The van der Waals surface area contributed by atoms with E-state index < -0.39 is 0 Å². The molecule has 0 spiro atoms. The van der Waals surface area contributed by atoms with Crippen LogP contribution in [0, 0.1) is 0 Å². The van der Waals surface area contributed by atoms with Gasteiger partial charge in [-0.3, -0.25) is 0 Å². The van der Waals surface area contributed by atoms with Crippen molar-refractivity contribution in [2.24, 2.45) is 20.0 Å². The average molecular weight is 440 g/mol. The molecule has 0 amide bonds. The number of hydrogen-bond acceptors (Lipinski definition) is 6. The molecule has 34 heavy (non-hydrogen) atoms. The Balaban J connectivity index is 1.50. The van der Waals surface area contributed by atoms with E-state index in [0.29, 0.717) is 29.0 Å². The average Bonchev–Trinajstić information content (AvgIpc) is 3.68. The molecule has 0 unspecified atom stereocenters. The third-order valence-corrected chi connectivity index (χ3v) is 5.81. The van der Waals surface area contributed by atoms with Gasteiger partial charge in [0.2, 0.25) is 0 Å². The van der Waals surface area contributed by atoms with Crippen molar-refractivity contribution >= 4 is 35.2 Å². The zero-order chi connectivity index (χ0) is 22.5. The number of aromatic nitrogens is 4. The summed E-state index contributed by atoms with van der Waals surface area (Å²) in [5.74, 6) is 2.21. The fourth-order valence-electron chi connectivity index (χ4n) is 4.26. The zero-order valence-electron chi connectivity index (χ0n) is 17.8. The Bertz CT molecular complexity index is 1500. The smallest absolute Gasteiger partial charge is 0.196 e. The monoisotopic (exact) mass is 440 g/mol. The van der Waals surface area contributed by atoms with Gasteiger partial charge in [0.15, 0.2) is 23.3 Å². The van der Waals surface area contributed by atoms with Crippen molar-refractivity contribution in [3.63, 3.8) is 0 Å². The number of H-pyrrole nitrogens is 2. The summed E-state index contributed by atoms with van der Waals surface area (Å²) in [6.07, 6.45) is 7.16. The van der Waals surface area contributed by atoms with Crippen LogP contribution in [0.3, 0.4) is 0 Å². The number of amidine groups is 2. The first-order chi connectivity index (χ1) is 16.8. The Hall–Kier alpha value is -4.98. The molecule has 4 aromatic rings. The van der Waals surface area contributed by atoms with Crippen LogP contribution in [0.5, 0.6) is 0 Å². The maximum atomic E-state index is 4.83. The van der Waals surface area contributed by atoms with E-state index in [1.54, 1.807) is 18.6 Å². The Morgan fingerprint density at radius 3 is 1.97 bits per heavy atom. The highest BCUT2D eigenvalue weighted by Gasteiger charge is 2.24. The lowest BCUT2D eigenvalue weighted by Crippen LogP contribution is -2.00. The number of benzene rings is 2. The molecule has 0 atom stereocenters. The summed E-state index contributed by atoms with van der Waals surface area (Å²) in [5.41, 5.74) is 6.74. The predicted octanol–water partition coefficient (Wildman–Crippen LogP) is 4.03. The highest BCUT2D eigenvalue weighted by Crippen LogP contribution is 2.31. The van der Waals surface area contributed by atoms with Gasteiger partial charge in [0.05, 0.1) is 41.4 Å². The molecule has 8 bridgehead atoms. The number of rotatable bonds is 2. The van der Waals surface area contributed by atoms with Crippen molar-refractivity contribution in [2.75, 3.05) is 0 Å². The first kappa shape index (κ1) is 18.6. The van der Waals surface area contributed by atoms with Crippen LogP contribution in [0.25, 0.3) is 11.1 Å². The van der Waals surface area contributed by atoms with Crippen molar-refractivity contribution in [1.29, 1.82) is 0 Å². The molecule has 0 saturated carbocycles. The van der Waals surface area contributed by atoms with Crippen LogP contribution in [0.4, 0.5) is 0 Å². The number of aliphatic imine (C=N–C) groups is 4. The Morgan fingerprint density at radius 2 is 1.26 bits per heavy atom. The highest BCUT2D eigenvalue weighted by atomic mass is 15.1. The fourth-order valence-corrected chi connectivity index (χ4v) is 4.26. The summed E-state index contributed by atoms with van der Waals surface area (Å²) < 4.78 is 0. The van der Waals surface area contributed by atoms with Crippen LogP contribution in [0.15, 0.2) is 104 Å². The lowest BCUT2D eigenvalue weighted by Gasteiger charge is -2.07. The molecule has 7 rings (SSSR count). The van der Waals surface area contributed by atoms with Gasteiger partial charge in [-0.15, -0.1) is 0 Å². The minimum atomic E-state index is 0.518. The van der Waals surface area contributed by atoms with Crippen molar-refractivity contribution in [1.82, 2.24) is 19.9 Å². The fraction of sp³-hybridized carbons (Fsp3) is 0. The van der Waals surface area contributed by atoms with E-state index in [1.807, 2.05) is 66.9 Å². The topological polar surface area (TPSA) is 107 Å². The summed E-state index contributed by atoms with van der Waals surface area (Å²) >= 11 is 0. The minimum absolute atomic E-state index is 0.518. The van der Waals surface area contributed by atoms with Crippen molar-refractivity contribution in [3.8, 4) is 0 Å². The molecule has 2 aromatic carbocycles. The van der Waals surface area contributed by atoms with E-state index in [0.717, 1.165) is 39.4 Å². The van der Waals surface area contributed by atoms with E-state index in [1.165, 1.54) is 0 Å². The molecule has 3 aliphatic rings. The standard InChI is InChI=1S/C26H16N8/c1-3-7-15(8-4-1)21-17-11-27-23(31-17)25-29-13-19(33-25)22(16-9-5-2-6-10-16)20-14-30-26(34-20)24-28-12-18(21)32-24/h1-14H,(H,27,31)(H,30,34). The van der Waals surface area contributed by atoms with Gasteiger partial charge in [0, 0.05) is 17.3 Å². The van der Waals surface area contributed by atoms with Crippen LogP contribution in [0.1, 0.15) is 34.2 Å². The molecule has 0 aliphatic carbocycles. The molecular weight excluding hydrogens is 424 g/mol. The first-order valence-corrected chi connectivity index (χ1v) is 10.8. The maximum absolute atomic E-state index is 4.83. The number of imidazole rings is 2. The van der Waals surface area contributed by atoms with Crippen LogP contribution >= 0.6 is 0 Å². The molecule has 2 aromatic heterocycles. The molecule has 3 aliphatic heterocycles. The van der Waals surface area contributed by atoms with Gasteiger partial charge >= 0.3 is 0 Å². The molecule has 0 radical (unpaired) electrons. The van der Waals surface area contributed by atoms with Gasteiger partial charge in [0.25, 0.3) is 0 Å². The molecule has 8 heteroatoms. The second kappa shape index (κ2) is 7.28. The first-order valence-electron chi connectivity index (χ1n) is 10.8. The number of aromatic amines is 2. The zero-order valence-corrected chi connectivity index (χ0v) is 17.8. The van der Waals surface area contributed by atoms with Crippen molar-refractivity contribution in [2.45, 2.75) is 0 Å². The Morgan fingerprint density at radius 1 is 0.647 bits per heavy atom. The maximum Gasteiger partial charge on any atom is 0.196 e. The predicted molar refractivity (Wildman–Crippen MR) is 132 cm³/mol. The van der Waals surface area contributed by atoms with E-state index >= 15 is 0 Å². The summed E-state index contributed by atoms with van der Waals surface area (Å²) in [4.78, 5) is 34.8. The van der Waals surface area contributed by atoms with Crippen LogP contribution in [0.2, 0.25) is 0 Å². The Kier molecular flexibility index (Phi) is 3.98. The molecule has 0 saturated heterocycles. The van der Waals surface area contributed by atoms with Gasteiger partial charge < -0.3 is 9.97 Å². The van der Waals surface area contributed by atoms with Crippen molar-refractivity contribution in [3.05, 3.63) is 119 Å². The van der Waals surface area contributed by atoms with E-state index in [2.05, 4.69) is 24.9 Å². The normalized spacial score (nSPS) is 16.1. The van der Waals surface area contributed by atoms with E-state index in [-0.39, 0.29) is 0 Å². The summed E-state index contributed by atoms with van der Waals surface area (Å²) in [7, 11) is 0. The molecular formula is C26H16N8. The molecule has 160 valence electrons. The largest absolute Gasteiger partial charge is 0.341 e. The summed E-state index contributed by atoms with van der Waals surface area (Å²) in [6.45, 7) is 0. The van der Waals surface area contributed by atoms with Gasteiger partial charge in [0.1, 0.15) is 0 Å². The highest BCUT2D eigenvalue weighted by molar-refractivity contribution is 6.14. The number of nitrogens with zero attached hydrogens (tertiary/aromatic N) is 6. The third-order valence-electron chi connectivity index (χ3n) is 5.81. The van der Waals surface area contributed by atoms with Crippen LogP contribution in [-0.2, 0) is 0 Å². The number of allylic oxidation sites excluding steroid dienone is 2. The molecule has 8 nitrogen and oxygen atoms in total. The summed E-state index contributed by atoms with van der Waals surface area (Å²) in [5, 5.41) is 0. The number of fused-ring (bicyclic) bond motifs is 8.